The second-order valence-electron chi connectivity index (χ2n) is 5.04. The van der Waals surface area contributed by atoms with Crippen LogP contribution in [0.25, 0.3) is 0 Å². The number of carbonyl (C=O) groups is 2. The van der Waals surface area contributed by atoms with Crippen LogP contribution in [0.5, 0.6) is 0 Å². The zero-order valence-corrected chi connectivity index (χ0v) is 9.15. The average molecular weight is 217 g/mol. The monoisotopic (exact) mass is 217 g/mol. The van der Waals surface area contributed by atoms with Crippen molar-refractivity contribution in [2.24, 2.45) is 0 Å². The molecule has 2 atom stereocenters. The Morgan fingerprint density at radius 2 is 2.13 bits per heavy atom. The zero-order chi connectivity index (χ0) is 11.9. The molecule has 0 aliphatic carbocycles. The van der Waals surface area contributed by atoms with Crippen molar-refractivity contribution in [3.8, 4) is 0 Å². The molecule has 1 aliphatic heterocycles. The maximum atomic E-state index is 11.2. The summed E-state index contributed by atoms with van der Waals surface area (Å²) in [6.45, 7) is 0.241. The Hall–Kier alpha value is -1.14. The van der Waals surface area contributed by atoms with E-state index in [0.29, 0.717) is 4.48 Å². The number of nitrogens with zero attached hydrogens (tertiary/aromatic N) is 1. The van der Waals surface area contributed by atoms with Crippen molar-refractivity contribution in [1.29, 1.82) is 0 Å². The van der Waals surface area contributed by atoms with E-state index in [-0.39, 0.29) is 13.0 Å². The van der Waals surface area contributed by atoms with Gasteiger partial charge in [0.25, 0.3) is 0 Å². The molecule has 6 nitrogen and oxygen atoms in total. The van der Waals surface area contributed by atoms with Crippen molar-refractivity contribution in [2.75, 3.05) is 27.7 Å². The van der Waals surface area contributed by atoms with Gasteiger partial charge in [0.2, 0.25) is 5.91 Å². The van der Waals surface area contributed by atoms with E-state index in [1.54, 1.807) is 0 Å². The van der Waals surface area contributed by atoms with E-state index in [1.807, 2.05) is 21.1 Å². The molecule has 0 spiro atoms. The number of carboxylic acid groups (broad SMARTS) is 1. The van der Waals surface area contributed by atoms with E-state index < -0.39 is 23.5 Å². The van der Waals surface area contributed by atoms with Gasteiger partial charge in [0.05, 0.1) is 21.1 Å². The third-order valence-corrected chi connectivity index (χ3v) is 2.36. The van der Waals surface area contributed by atoms with Crippen molar-refractivity contribution in [1.82, 2.24) is 5.32 Å². The van der Waals surface area contributed by atoms with Crippen molar-refractivity contribution in [3.63, 3.8) is 0 Å². The molecule has 1 aliphatic rings. The fourth-order valence-electron chi connectivity index (χ4n) is 1.92. The molecule has 86 valence electrons. The summed E-state index contributed by atoms with van der Waals surface area (Å²) in [6.07, 6.45) is -1.29. The first-order valence-corrected chi connectivity index (χ1v) is 4.70. The lowest BCUT2D eigenvalue weighted by Gasteiger charge is -2.33. The van der Waals surface area contributed by atoms with Crippen LogP contribution < -0.4 is 5.32 Å². The summed E-state index contributed by atoms with van der Waals surface area (Å²) in [5.74, 6) is -1.70. The van der Waals surface area contributed by atoms with Crippen LogP contribution in [0, 0.1) is 0 Å². The van der Waals surface area contributed by atoms with E-state index in [1.165, 1.54) is 0 Å². The maximum absolute atomic E-state index is 11.2. The molecule has 0 bridgehead atoms. The molecule has 1 saturated heterocycles. The molecule has 1 heterocycles. The van der Waals surface area contributed by atoms with Gasteiger partial charge >= 0.3 is 5.97 Å². The van der Waals surface area contributed by atoms with Gasteiger partial charge in [0.1, 0.15) is 12.6 Å². The molecule has 1 amide bonds. The van der Waals surface area contributed by atoms with Crippen molar-refractivity contribution < 1.29 is 24.3 Å². The highest BCUT2D eigenvalue weighted by Crippen LogP contribution is 2.23. The van der Waals surface area contributed by atoms with Gasteiger partial charge in [-0.2, -0.15) is 0 Å². The number of aliphatic hydroxyl groups is 1. The van der Waals surface area contributed by atoms with Crippen LogP contribution in [-0.2, 0) is 9.59 Å². The summed E-state index contributed by atoms with van der Waals surface area (Å²) in [4.78, 5) is 22.3. The number of nitrogens with one attached hydrogen (secondary N) is 1. The molecule has 2 unspecified atom stereocenters. The molecule has 0 radical (unpaired) electrons. The lowest BCUT2D eigenvalue weighted by atomic mass is 9.95. The molecule has 1 fully saturated rings. The summed E-state index contributed by atoms with van der Waals surface area (Å²) in [5, 5.41) is 20.8. The smallest absolute Gasteiger partial charge is 0.335 e. The van der Waals surface area contributed by atoms with Gasteiger partial charge in [-0.05, 0) is 0 Å². The predicted molar refractivity (Wildman–Crippen MR) is 52.0 cm³/mol. The molecule has 0 aromatic carbocycles. The van der Waals surface area contributed by atoms with Gasteiger partial charge in [-0.3, -0.25) is 4.79 Å². The van der Waals surface area contributed by atoms with Gasteiger partial charge < -0.3 is 20.0 Å². The molecule has 0 saturated carbocycles. The number of aliphatic hydroxyl groups excluding tert-OH is 1. The highest BCUT2D eigenvalue weighted by Gasteiger charge is 2.52. The number of aliphatic carboxylic acids is 1. The first-order valence-electron chi connectivity index (χ1n) is 4.70. The van der Waals surface area contributed by atoms with E-state index in [9.17, 15) is 14.7 Å². The van der Waals surface area contributed by atoms with Crippen LogP contribution in [0.3, 0.4) is 0 Å². The maximum Gasteiger partial charge on any atom is 0.335 e. The molecule has 15 heavy (non-hydrogen) atoms. The minimum absolute atomic E-state index is 0.0727. The van der Waals surface area contributed by atoms with E-state index in [0.717, 1.165) is 0 Å². The van der Waals surface area contributed by atoms with Gasteiger partial charge in [0, 0.05) is 6.42 Å². The Kier molecular flexibility index (Phi) is 2.75. The number of carboxylic acids is 1. The third kappa shape index (κ3) is 2.45. The van der Waals surface area contributed by atoms with Crippen LogP contribution in [0.15, 0.2) is 0 Å². The normalized spacial score (nSPS) is 31.5. The van der Waals surface area contributed by atoms with Gasteiger partial charge in [-0.15, -0.1) is 0 Å². The van der Waals surface area contributed by atoms with Crippen molar-refractivity contribution in [2.45, 2.75) is 18.1 Å². The minimum Gasteiger partial charge on any atom is -0.479 e. The first-order chi connectivity index (χ1) is 6.66. The highest BCUT2D eigenvalue weighted by atomic mass is 16.4. The predicted octanol–water partition coefficient (Wildman–Crippen LogP) is -1.60. The van der Waals surface area contributed by atoms with E-state index >= 15 is 0 Å². The van der Waals surface area contributed by atoms with Gasteiger partial charge in [0.15, 0.2) is 5.54 Å². The Morgan fingerprint density at radius 3 is 2.40 bits per heavy atom. The molecule has 6 heteroatoms. The third-order valence-electron chi connectivity index (χ3n) is 2.36. The lowest BCUT2D eigenvalue weighted by molar-refractivity contribution is -0.873. The fourth-order valence-corrected chi connectivity index (χ4v) is 1.92. The summed E-state index contributed by atoms with van der Waals surface area (Å²) in [7, 11) is 5.50. The second-order valence-corrected chi connectivity index (χ2v) is 5.04. The number of amides is 1. The number of hydrogen-bond acceptors (Lipinski definition) is 3. The van der Waals surface area contributed by atoms with Crippen LogP contribution in [0.2, 0.25) is 0 Å². The zero-order valence-electron chi connectivity index (χ0n) is 9.15. The van der Waals surface area contributed by atoms with Crippen LogP contribution >= 0.6 is 0 Å². The van der Waals surface area contributed by atoms with E-state index in [2.05, 4.69) is 5.32 Å². The number of rotatable bonds is 3. The van der Waals surface area contributed by atoms with Gasteiger partial charge in [-0.1, -0.05) is 0 Å². The molecule has 3 N–H and O–H groups in total. The summed E-state index contributed by atoms with van der Waals surface area (Å²) in [5.41, 5.74) is -1.34. The largest absolute Gasteiger partial charge is 0.479 e. The van der Waals surface area contributed by atoms with Gasteiger partial charge in [-0.25, -0.2) is 4.79 Å². The Morgan fingerprint density at radius 1 is 1.60 bits per heavy atom. The minimum atomic E-state index is -1.34. The number of hydrogen-bond donors (Lipinski definition) is 3. The van der Waals surface area contributed by atoms with Crippen molar-refractivity contribution in [3.05, 3.63) is 0 Å². The molecular weight excluding hydrogens is 200 g/mol. The topological polar surface area (TPSA) is 86.6 Å². The summed E-state index contributed by atoms with van der Waals surface area (Å²) >= 11 is 0. The lowest BCUT2D eigenvalue weighted by Crippen LogP contribution is -2.59. The number of quaternary nitrogens is 1. The van der Waals surface area contributed by atoms with Crippen molar-refractivity contribution >= 4 is 11.9 Å². The molecule has 0 aromatic heterocycles. The summed E-state index contributed by atoms with van der Waals surface area (Å²) in [6, 6.07) is 0. The standard InChI is InChI=1S/C9H16N2O4/c1-11(2,3)5-9(8(14)15)4-6(12)7(13)10-9/h6,12H,4-5H2,1-3H3,(H-,10,13,14,15)/p+1. The summed E-state index contributed by atoms with van der Waals surface area (Å²) < 4.78 is 0.402. The molecular formula is C9H17N2O4+. The Labute approximate surface area is 88.1 Å². The highest BCUT2D eigenvalue weighted by molar-refractivity contribution is 5.93. The van der Waals surface area contributed by atoms with Crippen LogP contribution in [0.1, 0.15) is 6.42 Å². The Bertz CT molecular complexity index is 297. The quantitative estimate of drug-likeness (QED) is 0.497. The van der Waals surface area contributed by atoms with Crippen LogP contribution in [0.4, 0.5) is 0 Å². The SMILES string of the molecule is C[N+](C)(C)CC1(C(=O)O)CC(O)C(=O)N1. The van der Waals surface area contributed by atoms with E-state index in [4.69, 9.17) is 5.11 Å². The molecule has 0 aromatic rings. The Balaban J connectivity index is 2.92. The molecule has 1 rings (SSSR count). The average Bonchev–Trinajstić information content (AvgIpc) is 2.24. The first kappa shape index (κ1) is 11.9. The number of likely N-dealkylation sites (N-methyl/N-ethyl adjacent to an activating group) is 1. The van der Waals surface area contributed by atoms with Crippen LogP contribution in [-0.4, -0.2) is 65.9 Å². The second kappa shape index (κ2) is 3.46. The fraction of sp³-hybridized carbons (Fsp3) is 0.778. The number of carbonyl (C=O) groups excluding carboxylic acids is 1.